The molecule has 30 heavy (non-hydrogen) atoms. The fourth-order valence-electron chi connectivity index (χ4n) is 3.42. The first-order valence-corrected chi connectivity index (χ1v) is 9.91. The summed E-state index contributed by atoms with van der Waals surface area (Å²) in [5, 5.41) is 11.7. The number of hydrogen-bond acceptors (Lipinski definition) is 6. The Morgan fingerprint density at radius 2 is 1.93 bits per heavy atom. The quantitative estimate of drug-likeness (QED) is 0.699. The Labute approximate surface area is 175 Å². The monoisotopic (exact) mass is 408 g/mol. The number of anilines is 1. The molecule has 3 rings (SSSR count). The van der Waals surface area contributed by atoms with Gasteiger partial charge in [-0.05, 0) is 56.3 Å². The Hall–Kier alpha value is -3.37. The summed E-state index contributed by atoms with van der Waals surface area (Å²) in [4.78, 5) is 24.5. The van der Waals surface area contributed by atoms with Crippen LogP contribution in [-0.2, 0) is 14.3 Å². The summed E-state index contributed by atoms with van der Waals surface area (Å²) >= 11 is 0. The lowest BCUT2D eigenvalue weighted by Gasteiger charge is -2.33. The number of benzene rings is 2. The number of fused-ring (bicyclic) bond motifs is 1. The minimum absolute atomic E-state index is 0.180. The lowest BCUT2D eigenvalue weighted by molar-refractivity contribution is -0.146. The van der Waals surface area contributed by atoms with Crippen LogP contribution in [0.2, 0.25) is 0 Å². The van der Waals surface area contributed by atoms with E-state index in [-0.39, 0.29) is 30.3 Å². The molecule has 2 aromatic carbocycles. The van der Waals surface area contributed by atoms with Crippen LogP contribution < -0.4 is 10.1 Å². The summed E-state index contributed by atoms with van der Waals surface area (Å²) in [7, 11) is 0. The Bertz CT molecular complexity index is 949. The molecule has 1 aliphatic heterocycles. The van der Waals surface area contributed by atoms with E-state index in [4.69, 9.17) is 19.5 Å². The van der Waals surface area contributed by atoms with E-state index < -0.39 is 0 Å². The van der Waals surface area contributed by atoms with E-state index in [1.54, 1.807) is 43.3 Å². The van der Waals surface area contributed by atoms with Crippen molar-refractivity contribution in [2.45, 2.75) is 26.4 Å². The van der Waals surface area contributed by atoms with Crippen molar-refractivity contribution in [3.05, 3.63) is 59.2 Å². The highest BCUT2D eigenvalue weighted by Crippen LogP contribution is 2.41. The third kappa shape index (κ3) is 4.97. The van der Waals surface area contributed by atoms with Crippen LogP contribution in [0.5, 0.6) is 5.75 Å². The minimum atomic E-state index is -0.338. The highest BCUT2D eigenvalue weighted by molar-refractivity contribution is 6.04. The molecule has 0 bridgehead atoms. The van der Waals surface area contributed by atoms with E-state index in [0.29, 0.717) is 42.4 Å². The third-order valence-electron chi connectivity index (χ3n) is 4.81. The van der Waals surface area contributed by atoms with Crippen molar-refractivity contribution in [3.8, 4) is 11.8 Å². The molecule has 2 unspecified atom stereocenters. The molecule has 0 fully saturated rings. The van der Waals surface area contributed by atoms with E-state index in [0.717, 1.165) is 5.56 Å². The van der Waals surface area contributed by atoms with Crippen LogP contribution in [0, 0.1) is 17.2 Å². The number of rotatable bonds is 7. The van der Waals surface area contributed by atoms with E-state index in [1.807, 2.05) is 19.1 Å². The van der Waals surface area contributed by atoms with Crippen LogP contribution in [0.25, 0.3) is 0 Å². The summed E-state index contributed by atoms with van der Waals surface area (Å²) in [6.45, 7) is 4.83. The normalized spacial score (nSPS) is 17.2. The van der Waals surface area contributed by atoms with Crippen LogP contribution in [0.1, 0.15) is 47.9 Å². The van der Waals surface area contributed by atoms with Crippen molar-refractivity contribution in [3.63, 3.8) is 0 Å². The van der Waals surface area contributed by atoms with Gasteiger partial charge in [0.25, 0.3) is 5.91 Å². The molecular weight excluding hydrogens is 384 g/mol. The highest BCUT2D eigenvalue weighted by Gasteiger charge is 2.34. The van der Waals surface area contributed by atoms with Gasteiger partial charge in [-0.2, -0.15) is 5.26 Å². The highest BCUT2D eigenvalue weighted by atomic mass is 16.5. The molecule has 1 aliphatic rings. The average Bonchev–Trinajstić information content (AvgIpc) is 2.75. The molecule has 1 heterocycles. The molecule has 2 atom stereocenters. The summed E-state index contributed by atoms with van der Waals surface area (Å²) in [6.07, 6.45) is -0.144. The number of carbonyl (C=O) groups excluding carboxylic acids is 2. The number of carbonyl (C=O) groups is 2. The molecule has 0 radical (unpaired) electrons. The molecule has 7 heteroatoms. The molecule has 7 nitrogen and oxygen atoms in total. The number of hydrogen-bond donors (Lipinski definition) is 1. The van der Waals surface area contributed by atoms with E-state index >= 15 is 0 Å². The summed E-state index contributed by atoms with van der Waals surface area (Å²) in [5.74, 6) is -0.0809. The Morgan fingerprint density at radius 3 is 2.60 bits per heavy atom. The number of nitrogens with one attached hydrogen (secondary N) is 1. The van der Waals surface area contributed by atoms with Crippen molar-refractivity contribution in [1.29, 1.82) is 5.26 Å². The van der Waals surface area contributed by atoms with Gasteiger partial charge in [0.15, 0.2) is 0 Å². The first-order chi connectivity index (χ1) is 14.5. The Morgan fingerprint density at radius 1 is 1.17 bits per heavy atom. The number of nitrogens with zero attached hydrogens (tertiary/aromatic N) is 1. The molecule has 2 aromatic rings. The number of amides is 1. The van der Waals surface area contributed by atoms with Crippen LogP contribution >= 0.6 is 0 Å². The maximum atomic E-state index is 12.6. The second kappa shape index (κ2) is 9.90. The smallest absolute Gasteiger partial charge is 0.306 e. The van der Waals surface area contributed by atoms with Gasteiger partial charge in [0.05, 0.1) is 37.4 Å². The van der Waals surface area contributed by atoms with Crippen molar-refractivity contribution in [2.75, 3.05) is 25.1 Å². The summed E-state index contributed by atoms with van der Waals surface area (Å²) in [5.41, 5.74) is 2.32. The first-order valence-electron chi connectivity index (χ1n) is 9.91. The summed E-state index contributed by atoms with van der Waals surface area (Å²) in [6, 6.07) is 13.8. The number of nitriles is 1. The zero-order valence-corrected chi connectivity index (χ0v) is 17.0. The van der Waals surface area contributed by atoms with Gasteiger partial charge in [0, 0.05) is 29.3 Å². The topological polar surface area (TPSA) is 97.6 Å². The van der Waals surface area contributed by atoms with Crippen LogP contribution in [0.15, 0.2) is 42.5 Å². The van der Waals surface area contributed by atoms with Crippen molar-refractivity contribution in [2.24, 2.45) is 5.92 Å². The molecule has 1 N–H and O–H groups in total. The Kier molecular flexibility index (Phi) is 7.04. The average molecular weight is 408 g/mol. The van der Waals surface area contributed by atoms with Crippen LogP contribution in [-0.4, -0.2) is 31.7 Å². The van der Waals surface area contributed by atoms with Crippen molar-refractivity contribution >= 4 is 17.6 Å². The molecule has 0 saturated carbocycles. The van der Waals surface area contributed by atoms with Crippen molar-refractivity contribution in [1.82, 2.24) is 0 Å². The zero-order chi connectivity index (χ0) is 21.5. The maximum Gasteiger partial charge on any atom is 0.306 e. The van der Waals surface area contributed by atoms with Crippen molar-refractivity contribution < 1.29 is 23.8 Å². The predicted octanol–water partition coefficient (Wildman–Crippen LogP) is 3.85. The lowest BCUT2D eigenvalue weighted by Crippen LogP contribution is -2.30. The largest absolute Gasteiger partial charge is 0.493 e. The molecular formula is C23H24N2O5. The van der Waals surface area contributed by atoms with E-state index in [9.17, 15) is 9.59 Å². The van der Waals surface area contributed by atoms with Gasteiger partial charge >= 0.3 is 5.97 Å². The van der Waals surface area contributed by atoms with Gasteiger partial charge in [0.1, 0.15) is 5.75 Å². The van der Waals surface area contributed by atoms with Crippen LogP contribution in [0.3, 0.4) is 0 Å². The second-order valence-electron chi connectivity index (χ2n) is 6.85. The number of esters is 1. The maximum absolute atomic E-state index is 12.6. The first kappa shape index (κ1) is 21.3. The standard InChI is InChI=1S/C23H24N2O5/c1-3-28-21(26)11-17-14-30-20-10-9-18(12-19(20)22(17)29-4-2)25-23(27)16-7-5-15(13-24)6-8-16/h5-10,12,17,22H,3-4,11,14H2,1-2H3,(H,25,27). The fraction of sp³-hybridized carbons (Fsp3) is 0.348. The van der Waals surface area contributed by atoms with Gasteiger partial charge in [0.2, 0.25) is 0 Å². The molecule has 0 aliphatic carbocycles. The lowest BCUT2D eigenvalue weighted by atomic mass is 9.90. The van der Waals surface area contributed by atoms with Gasteiger partial charge in [-0.25, -0.2) is 0 Å². The summed E-state index contributed by atoms with van der Waals surface area (Å²) < 4.78 is 16.8. The van der Waals surface area contributed by atoms with E-state index in [2.05, 4.69) is 5.32 Å². The predicted molar refractivity (Wildman–Crippen MR) is 110 cm³/mol. The van der Waals surface area contributed by atoms with Crippen LogP contribution in [0.4, 0.5) is 5.69 Å². The zero-order valence-electron chi connectivity index (χ0n) is 17.0. The molecule has 1 amide bonds. The van der Waals surface area contributed by atoms with Gasteiger partial charge in [-0.15, -0.1) is 0 Å². The third-order valence-corrected chi connectivity index (χ3v) is 4.81. The molecule has 0 aromatic heterocycles. The Balaban J connectivity index is 1.80. The van der Waals surface area contributed by atoms with Gasteiger partial charge in [-0.3, -0.25) is 9.59 Å². The fourth-order valence-corrected chi connectivity index (χ4v) is 3.42. The SMILES string of the molecule is CCOC(=O)CC1COc2ccc(NC(=O)c3ccc(C#N)cc3)cc2C1OCC. The second-order valence-corrected chi connectivity index (χ2v) is 6.85. The molecule has 156 valence electrons. The van der Waals surface area contributed by atoms with E-state index in [1.165, 1.54) is 0 Å². The van der Waals surface area contributed by atoms with Gasteiger partial charge in [-0.1, -0.05) is 0 Å². The minimum Gasteiger partial charge on any atom is -0.493 e. The molecule has 0 saturated heterocycles. The number of ether oxygens (including phenoxy) is 3. The molecule has 0 spiro atoms. The van der Waals surface area contributed by atoms with Gasteiger partial charge < -0.3 is 19.5 Å².